The van der Waals surface area contributed by atoms with E-state index < -0.39 is 5.79 Å². The molecule has 1 aliphatic heterocycles. The van der Waals surface area contributed by atoms with Crippen LogP contribution in [-0.2, 0) is 14.2 Å². The highest BCUT2D eigenvalue weighted by Crippen LogP contribution is 2.22. The minimum atomic E-state index is -0.455. The largest absolute Gasteiger partial charge is 0.496 e. The highest BCUT2D eigenvalue weighted by molar-refractivity contribution is 4.77. The molecule has 1 rings (SSSR count). The van der Waals surface area contributed by atoms with Crippen molar-refractivity contribution in [3.8, 4) is 0 Å². The summed E-state index contributed by atoms with van der Waals surface area (Å²) in [6, 6.07) is 0. The van der Waals surface area contributed by atoms with Crippen LogP contribution in [0.25, 0.3) is 0 Å². The molecule has 0 aromatic heterocycles. The Labute approximate surface area is 73.3 Å². The number of allylic oxidation sites excluding steroid dienone is 1. The summed E-state index contributed by atoms with van der Waals surface area (Å²) in [4.78, 5) is 0. The molecule has 0 saturated carbocycles. The van der Waals surface area contributed by atoms with Crippen molar-refractivity contribution in [2.75, 3.05) is 13.2 Å². The monoisotopic (exact) mass is 172 g/mol. The third-order valence-electron chi connectivity index (χ3n) is 1.58. The lowest BCUT2D eigenvalue weighted by Gasteiger charge is -2.17. The van der Waals surface area contributed by atoms with Crippen molar-refractivity contribution in [1.82, 2.24) is 0 Å². The molecule has 0 bridgehead atoms. The van der Waals surface area contributed by atoms with Gasteiger partial charge in [-0.25, -0.2) is 0 Å². The van der Waals surface area contributed by atoms with Gasteiger partial charge in [0.1, 0.15) is 12.7 Å². The fourth-order valence-corrected chi connectivity index (χ4v) is 1.08. The lowest BCUT2D eigenvalue weighted by Crippen LogP contribution is -2.23. The van der Waals surface area contributed by atoms with Gasteiger partial charge in [0.05, 0.1) is 12.4 Å². The average molecular weight is 172 g/mol. The van der Waals surface area contributed by atoms with Gasteiger partial charge in [0, 0.05) is 0 Å². The summed E-state index contributed by atoms with van der Waals surface area (Å²) in [6.07, 6.45) is 0.0386. The molecule has 0 aromatic rings. The van der Waals surface area contributed by atoms with Crippen LogP contribution in [0.5, 0.6) is 0 Å². The molecule has 3 heteroatoms. The Hall–Kier alpha value is -0.540. The molecule has 1 heterocycles. The van der Waals surface area contributed by atoms with Gasteiger partial charge in [-0.3, -0.25) is 0 Å². The Morgan fingerprint density at radius 1 is 1.67 bits per heavy atom. The van der Waals surface area contributed by atoms with Gasteiger partial charge in [-0.05, 0) is 20.8 Å². The van der Waals surface area contributed by atoms with Crippen molar-refractivity contribution < 1.29 is 14.2 Å². The van der Waals surface area contributed by atoms with E-state index in [1.807, 2.05) is 20.8 Å². The van der Waals surface area contributed by atoms with E-state index >= 15 is 0 Å². The fraction of sp³-hybridized carbons (Fsp3) is 0.778. The van der Waals surface area contributed by atoms with Crippen molar-refractivity contribution in [2.45, 2.75) is 32.7 Å². The molecule has 70 valence electrons. The Balaban J connectivity index is 2.24. The molecule has 1 atom stereocenters. The van der Waals surface area contributed by atoms with Gasteiger partial charge in [-0.2, -0.15) is 0 Å². The molecule has 1 unspecified atom stereocenters. The van der Waals surface area contributed by atoms with Crippen LogP contribution in [-0.4, -0.2) is 25.1 Å². The van der Waals surface area contributed by atoms with Crippen molar-refractivity contribution in [1.29, 1.82) is 0 Å². The SMILES string of the molecule is C=C(C)OCC1COC(C)(C)O1. The van der Waals surface area contributed by atoms with Crippen LogP contribution in [0.15, 0.2) is 12.3 Å². The number of ether oxygens (including phenoxy) is 3. The van der Waals surface area contributed by atoms with Crippen molar-refractivity contribution in [2.24, 2.45) is 0 Å². The summed E-state index contributed by atoms with van der Waals surface area (Å²) in [7, 11) is 0. The van der Waals surface area contributed by atoms with Gasteiger partial charge in [0.25, 0.3) is 0 Å². The maximum absolute atomic E-state index is 5.51. The lowest BCUT2D eigenvalue weighted by molar-refractivity contribution is -0.143. The first-order chi connectivity index (χ1) is 5.49. The molecule has 0 amide bonds. The molecule has 3 nitrogen and oxygen atoms in total. The summed E-state index contributed by atoms with van der Waals surface area (Å²) in [6.45, 7) is 10.4. The molecular weight excluding hydrogens is 156 g/mol. The average Bonchev–Trinajstić information content (AvgIpc) is 2.26. The minimum Gasteiger partial charge on any atom is -0.496 e. The minimum absolute atomic E-state index is 0.0386. The van der Waals surface area contributed by atoms with Crippen LogP contribution in [0.1, 0.15) is 20.8 Å². The predicted molar refractivity (Wildman–Crippen MR) is 45.7 cm³/mol. The van der Waals surface area contributed by atoms with Gasteiger partial charge in [-0.1, -0.05) is 6.58 Å². The third kappa shape index (κ3) is 2.83. The number of rotatable bonds is 3. The Morgan fingerprint density at radius 2 is 2.33 bits per heavy atom. The van der Waals surface area contributed by atoms with Gasteiger partial charge >= 0.3 is 0 Å². The Morgan fingerprint density at radius 3 is 2.75 bits per heavy atom. The number of hydrogen-bond acceptors (Lipinski definition) is 3. The quantitative estimate of drug-likeness (QED) is 0.606. The topological polar surface area (TPSA) is 27.7 Å². The second kappa shape index (κ2) is 3.46. The van der Waals surface area contributed by atoms with Crippen molar-refractivity contribution in [3.05, 3.63) is 12.3 Å². The molecule has 1 fully saturated rings. The zero-order valence-electron chi connectivity index (χ0n) is 7.92. The van der Waals surface area contributed by atoms with E-state index in [4.69, 9.17) is 14.2 Å². The molecule has 0 radical (unpaired) electrons. The molecule has 0 aromatic carbocycles. The van der Waals surface area contributed by atoms with E-state index in [2.05, 4.69) is 6.58 Å². The molecule has 1 saturated heterocycles. The molecular formula is C9H16O3. The summed E-state index contributed by atoms with van der Waals surface area (Å²) in [5, 5.41) is 0. The zero-order valence-corrected chi connectivity index (χ0v) is 7.92. The normalized spacial score (nSPS) is 27.1. The van der Waals surface area contributed by atoms with Crippen LogP contribution in [0.4, 0.5) is 0 Å². The summed E-state index contributed by atoms with van der Waals surface area (Å²) >= 11 is 0. The van der Waals surface area contributed by atoms with E-state index in [0.717, 1.165) is 0 Å². The van der Waals surface area contributed by atoms with Crippen LogP contribution >= 0.6 is 0 Å². The first kappa shape index (κ1) is 9.55. The molecule has 1 aliphatic rings. The Kier molecular flexibility index (Phi) is 2.75. The number of hydrogen-bond donors (Lipinski definition) is 0. The predicted octanol–water partition coefficient (Wildman–Crippen LogP) is 1.69. The van der Waals surface area contributed by atoms with Crippen LogP contribution in [0.2, 0.25) is 0 Å². The molecule has 0 spiro atoms. The summed E-state index contributed by atoms with van der Waals surface area (Å²) in [5.41, 5.74) is 0. The van der Waals surface area contributed by atoms with Crippen LogP contribution in [0.3, 0.4) is 0 Å². The van der Waals surface area contributed by atoms with E-state index in [1.165, 1.54) is 0 Å². The lowest BCUT2D eigenvalue weighted by atomic mass is 10.4. The molecule has 0 aliphatic carbocycles. The van der Waals surface area contributed by atoms with Crippen molar-refractivity contribution >= 4 is 0 Å². The standard InChI is InChI=1S/C9H16O3/c1-7(2)10-5-8-6-11-9(3,4)12-8/h8H,1,5-6H2,2-4H3. The van der Waals surface area contributed by atoms with Gasteiger partial charge < -0.3 is 14.2 Å². The maximum Gasteiger partial charge on any atom is 0.163 e. The van der Waals surface area contributed by atoms with Crippen LogP contribution in [0, 0.1) is 0 Å². The zero-order chi connectivity index (χ0) is 9.19. The van der Waals surface area contributed by atoms with E-state index in [-0.39, 0.29) is 6.10 Å². The van der Waals surface area contributed by atoms with Gasteiger partial charge in [0.15, 0.2) is 5.79 Å². The maximum atomic E-state index is 5.51. The highest BCUT2D eigenvalue weighted by atomic mass is 16.7. The van der Waals surface area contributed by atoms with Gasteiger partial charge in [-0.15, -0.1) is 0 Å². The second-order valence-corrected chi connectivity index (χ2v) is 3.46. The molecule has 0 N–H and O–H groups in total. The summed E-state index contributed by atoms with van der Waals surface area (Å²) < 4.78 is 16.1. The molecule has 12 heavy (non-hydrogen) atoms. The van der Waals surface area contributed by atoms with E-state index in [9.17, 15) is 0 Å². The fourth-order valence-electron chi connectivity index (χ4n) is 1.08. The van der Waals surface area contributed by atoms with Crippen molar-refractivity contribution in [3.63, 3.8) is 0 Å². The second-order valence-electron chi connectivity index (χ2n) is 3.46. The van der Waals surface area contributed by atoms with E-state index in [0.29, 0.717) is 19.0 Å². The first-order valence-corrected chi connectivity index (χ1v) is 4.10. The third-order valence-corrected chi connectivity index (χ3v) is 1.58. The highest BCUT2D eigenvalue weighted by Gasteiger charge is 2.32. The summed E-state index contributed by atoms with van der Waals surface area (Å²) in [5.74, 6) is 0.256. The first-order valence-electron chi connectivity index (χ1n) is 4.10. The van der Waals surface area contributed by atoms with Gasteiger partial charge in [0.2, 0.25) is 0 Å². The van der Waals surface area contributed by atoms with E-state index in [1.54, 1.807) is 0 Å². The van der Waals surface area contributed by atoms with Crippen LogP contribution < -0.4 is 0 Å². The Bertz CT molecular complexity index is 175. The smallest absolute Gasteiger partial charge is 0.163 e.